The van der Waals surface area contributed by atoms with Crippen molar-refractivity contribution in [3.63, 3.8) is 0 Å². The summed E-state index contributed by atoms with van der Waals surface area (Å²) in [6, 6.07) is 6.61. The van der Waals surface area contributed by atoms with Crippen LogP contribution in [0.15, 0.2) is 24.3 Å². The van der Waals surface area contributed by atoms with Gasteiger partial charge in [0.2, 0.25) is 0 Å². The zero-order valence-electron chi connectivity index (χ0n) is 13.4. The second-order valence-electron chi connectivity index (χ2n) is 5.98. The number of phenolic OH excluding ortho intramolecular Hbond substituents is 1. The minimum absolute atomic E-state index is 0.0945. The summed E-state index contributed by atoms with van der Waals surface area (Å²) in [5.41, 5.74) is 0.178. The standard InChI is InChI=1S/C16H23NO5/c1-16(2,3)22-15(20)17-10-12(14(19)21-4)8-11-6-5-7-13(18)9-11/h5-7,9,12,18H,8,10H2,1-4H3,(H,17,20). The molecule has 0 aromatic heterocycles. The number of aromatic hydroxyl groups is 1. The normalized spacial score (nSPS) is 12.4. The Balaban J connectivity index is 2.66. The molecule has 0 aliphatic rings. The molecule has 6 heteroatoms. The van der Waals surface area contributed by atoms with Crippen molar-refractivity contribution in [3.8, 4) is 5.75 Å². The zero-order valence-corrected chi connectivity index (χ0v) is 13.4. The molecular weight excluding hydrogens is 286 g/mol. The lowest BCUT2D eigenvalue weighted by molar-refractivity contribution is -0.145. The zero-order chi connectivity index (χ0) is 16.8. The molecule has 122 valence electrons. The maximum Gasteiger partial charge on any atom is 0.407 e. The van der Waals surface area contributed by atoms with Gasteiger partial charge < -0.3 is 19.9 Å². The lowest BCUT2D eigenvalue weighted by atomic mass is 9.99. The number of alkyl carbamates (subject to hydrolysis) is 1. The van der Waals surface area contributed by atoms with Gasteiger partial charge in [0, 0.05) is 6.54 Å². The predicted molar refractivity (Wildman–Crippen MR) is 81.6 cm³/mol. The first-order chi connectivity index (χ1) is 10.2. The van der Waals surface area contributed by atoms with E-state index in [9.17, 15) is 14.7 Å². The van der Waals surface area contributed by atoms with Gasteiger partial charge in [-0.2, -0.15) is 0 Å². The first-order valence-corrected chi connectivity index (χ1v) is 7.04. The molecule has 6 nitrogen and oxygen atoms in total. The van der Waals surface area contributed by atoms with Crippen LogP contribution in [0.4, 0.5) is 4.79 Å². The molecule has 1 amide bonds. The summed E-state index contributed by atoms with van der Waals surface area (Å²) < 4.78 is 9.88. The molecule has 0 heterocycles. The summed E-state index contributed by atoms with van der Waals surface area (Å²) >= 11 is 0. The molecule has 0 radical (unpaired) electrons. The lowest BCUT2D eigenvalue weighted by Crippen LogP contribution is -2.38. The number of hydrogen-bond acceptors (Lipinski definition) is 5. The van der Waals surface area contributed by atoms with Crippen LogP contribution in [0.3, 0.4) is 0 Å². The van der Waals surface area contributed by atoms with Gasteiger partial charge in [0.15, 0.2) is 0 Å². The Labute approximate surface area is 130 Å². The van der Waals surface area contributed by atoms with Crippen LogP contribution in [0, 0.1) is 5.92 Å². The van der Waals surface area contributed by atoms with Gasteiger partial charge in [0.25, 0.3) is 0 Å². The Morgan fingerprint density at radius 2 is 2.00 bits per heavy atom. The molecular formula is C16H23NO5. The Kier molecular flexibility index (Phi) is 6.22. The van der Waals surface area contributed by atoms with E-state index in [2.05, 4.69) is 5.32 Å². The Hall–Kier alpha value is -2.24. The third-order valence-corrected chi connectivity index (χ3v) is 2.82. The Morgan fingerprint density at radius 3 is 2.55 bits per heavy atom. The summed E-state index contributed by atoms with van der Waals surface area (Å²) in [4.78, 5) is 23.5. The number of esters is 1. The van der Waals surface area contributed by atoms with Gasteiger partial charge in [-0.3, -0.25) is 4.79 Å². The van der Waals surface area contributed by atoms with Crippen molar-refractivity contribution in [3.05, 3.63) is 29.8 Å². The summed E-state index contributed by atoms with van der Waals surface area (Å²) in [5.74, 6) is -0.861. The highest BCUT2D eigenvalue weighted by molar-refractivity contribution is 5.74. The van der Waals surface area contributed by atoms with Gasteiger partial charge in [-0.25, -0.2) is 4.79 Å². The molecule has 1 atom stereocenters. The number of methoxy groups -OCH3 is 1. The highest BCUT2D eigenvalue weighted by atomic mass is 16.6. The fraction of sp³-hybridized carbons (Fsp3) is 0.500. The van der Waals surface area contributed by atoms with E-state index in [1.807, 2.05) is 0 Å². The molecule has 0 bridgehead atoms. The van der Waals surface area contributed by atoms with Crippen molar-refractivity contribution in [1.29, 1.82) is 0 Å². The van der Waals surface area contributed by atoms with Crippen molar-refractivity contribution in [2.45, 2.75) is 32.8 Å². The lowest BCUT2D eigenvalue weighted by Gasteiger charge is -2.21. The predicted octanol–water partition coefficient (Wildman–Crippen LogP) is 2.25. The maximum absolute atomic E-state index is 11.8. The van der Waals surface area contributed by atoms with Crippen LogP contribution in [-0.2, 0) is 20.7 Å². The van der Waals surface area contributed by atoms with Crippen LogP contribution in [0.25, 0.3) is 0 Å². The number of amides is 1. The number of hydrogen-bond donors (Lipinski definition) is 2. The molecule has 1 rings (SSSR count). The number of nitrogens with one attached hydrogen (secondary N) is 1. The highest BCUT2D eigenvalue weighted by Gasteiger charge is 2.22. The topological polar surface area (TPSA) is 84.9 Å². The van der Waals surface area contributed by atoms with Crippen molar-refractivity contribution in [2.75, 3.05) is 13.7 Å². The minimum Gasteiger partial charge on any atom is -0.508 e. The molecule has 0 aliphatic carbocycles. The fourth-order valence-corrected chi connectivity index (χ4v) is 1.89. The van der Waals surface area contributed by atoms with E-state index in [1.165, 1.54) is 7.11 Å². The summed E-state index contributed by atoms with van der Waals surface area (Å²) in [6.45, 7) is 5.38. The molecule has 1 unspecified atom stereocenters. The van der Waals surface area contributed by atoms with Crippen molar-refractivity contribution in [2.24, 2.45) is 5.92 Å². The number of benzene rings is 1. The Morgan fingerprint density at radius 1 is 1.32 bits per heavy atom. The monoisotopic (exact) mass is 309 g/mol. The first kappa shape index (κ1) is 17.8. The number of ether oxygens (including phenoxy) is 2. The number of rotatable bonds is 5. The van der Waals surface area contributed by atoms with Crippen LogP contribution in [-0.4, -0.2) is 36.4 Å². The molecule has 22 heavy (non-hydrogen) atoms. The van der Waals surface area contributed by atoms with Gasteiger partial charge >= 0.3 is 12.1 Å². The van der Waals surface area contributed by atoms with E-state index < -0.39 is 23.6 Å². The number of carbonyl (C=O) groups is 2. The van der Waals surface area contributed by atoms with E-state index in [1.54, 1.807) is 45.0 Å². The number of carbonyl (C=O) groups excluding carboxylic acids is 2. The van der Waals surface area contributed by atoms with Gasteiger partial charge in [-0.15, -0.1) is 0 Å². The molecule has 0 spiro atoms. The van der Waals surface area contributed by atoms with E-state index >= 15 is 0 Å². The molecule has 1 aromatic carbocycles. The van der Waals surface area contributed by atoms with Crippen LogP contribution in [0.5, 0.6) is 5.75 Å². The van der Waals surface area contributed by atoms with Crippen LogP contribution >= 0.6 is 0 Å². The molecule has 0 fully saturated rings. The molecule has 0 saturated carbocycles. The maximum atomic E-state index is 11.8. The average Bonchev–Trinajstić information content (AvgIpc) is 2.40. The van der Waals surface area contributed by atoms with Crippen LogP contribution in [0.2, 0.25) is 0 Å². The molecule has 2 N–H and O–H groups in total. The highest BCUT2D eigenvalue weighted by Crippen LogP contribution is 2.16. The van der Waals surface area contributed by atoms with Gasteiger partial charge in [0.05, 0.1) is 13.0 Å². The largest absolute Gasteiger partial charge is 0.508 e. The first-order valence-electron chi connectivity index (χ1n) is 7.04. The molecule has 0 aliphatic heterocycles. The van der Waals surface area contributed by atoms with E-state index in [0.717, 1.165) is 5.56 Å². The Bertz CT molecular complexity index is 522. The summed E-state index contributed by atoms with van der Waals surface area (Å²) in [6.07, 6.45) is -0.242. The van der Waals surface area contributed by atoms with E-state index in [-0.39, 0.29) is 12.3 Å². The van der Waals surface area contributed by atoms with Crippen LogP contribution < -0.4 is 5.32 Å². The SMILES string of the molecule is COC(=O)C(CNC(=O)OC(C)(C)C)Cc1cccc(O)c1. The summed E-state index contributed by atoms with van der Waals surface area (Å²) in [7, 11) is 1.30. The van der Waals surface area contributed by atoms with Gasteiger partial charge in [-0.1, -0.05) is 12.1 Å². The minimum atomic E-state index is -0.601. The quantitative estimate of drug-likeness (QED) is 0.815. The second kappa shape index (κ2) is 7.68. The summed E-state index contributed by atoms with van der Waals surface area (Å²) in [5, 5.41) is 12.0. The second-order valence-corrected chi connectivity index (χ2v) is 5.98. The third-order valence-electron chi connectivity index (χ3n) is 2.82. The van der Waals surface area contributed by atoms with Gasteiger partial charge in [-0.05, 0) is 44.9 Å². The number of phenols is 1. The van der Waals surface area contributed by atoms with Crippen molar-refractivity contribution >= 4 is 12.1 Å². The molecule has 1 aromatic rings. The van der Waals surface area contributed by atoms with E-state index in [0.29, 0.717) is 6.42 Å². The smallest absolute Gasteiger partial charge is 0.407 e. The van der Waals surface area contributed by atoms with Gasteiger partial charge in [0.1, 0.15) is 11.4 Å². The molecule has 0 saturated heterocycles. The van der Waals surface area contributed by atoms with Crippen LogP contribution in [0.1, 0.15) is 26.3 Å². The van der Waals surface area contributed by atoms with E-state index in [4.69, 9.17) is 9.47 Å². The van der Waals surface area contributed by atoms with Crippen molar-refractivity contribution < 1.29 is 24.2 Å². The third kappa shape index (κ3) is 6.47. The average molecular weight is 309 g/mol. The fourth-order valence-electron chi connectivity index (χ4n) is 1.89. The van der Waals surface area contributed by atoms with Crippen molar-refractivity contribution in [1.82, 2.24) is 5.32 Å².